The molecule has 1 aliphatic carbocycles. The minimum atomic E-state index is -0.939. The van der Waals surface area contributed by atoms with Crippen molar-refractivity contribution in [1.29, 1.82) is 0 Å². The fraction of sp³-hybridized carbons (Fsp3) is 0.294. The van der Waals surface area contributed by atoms with Crippen LogP contribution in [0.4, 0.5) is 4.39 Å². The van der Waals surface area contributed by atoms with Crippen LogP contribution in [0.15, 0.2) is 46.9 Å². The molecule has 1 N–H and O–H groups in total. The van der Waals surface area contributed by atoms with Gasteiger partial charge in [-0.15, -0.1) is 0 Å². The molecular formula is C17H16BrFO. The molecule has 1 unspecified atom stereocenters. The van der Waals surface area contributed by atoms with E-state index in [9.17, 15) is 9.50 Å². The van der Waals surface area contributed by atoms with Crippen LogP contribution in [-0.4, -0.2) is 5.11 Å². The quantitative estimate of drug-likeness (QED) is 0.843. The van der Waals surface area contributed by atoms with Crippen molar-refractivity contribution in [1.82, 2.24) is 0 Å². The highest BCUT2D eigenvalue weighted by molar-refractivity contribution is 9.10. The Hall–Kier alpha value is -1.19. The van der Waals surface area contributed by atoms with Crippen LogP contribution in [0.5, 0.6) is 0 Å². The average molecular weight is 335 g/mol. The molecule has 104 valence electrons. The van der Waals surface area contributed by atoms with Gasteiger partial charge < -0.3 is 5.11 Å². The van der Waals surface area contributed by atoms with E-state index in [-0.39, 0.29) is 5.82 Å². The Labute approximate surface area is 126 Å². The van der Waals surface area contributed by atoms with Gasteiger partial charge in [-0.05, 0) is 42.0 Å². The van der Waals surface area contributed by atoms with Crippen molar-refractivity contribution in [2.24, 2.45) is 0 Å². The second-order valence-electron chi connectivity index (χ2n) is 5.34. The predicted molar refractivity (Wildman–Crippen MR) is 81.2 cm³/mol. The molecule has 20 heavy (non-hydrogen) atoms. The molecule has 1 atom stereocenters. The molecule has 0 aliphatic heterocycles. The van der Waals surface area contributed by atoms with Crippen LogP contribution in [0.1, 0.15) is 48.0 Å². The highest BCUT2D eigenvalue weighted by atomic mass is 79.9. The number of aliphatic hydroxyl groups is 1. The van der Waals surface area contributed by atoms with E-state index in [0.717, 1.165) is 5.56 Å². The molecule has 2 aromatic rings. The van der Waals surface area contributed by atoms with Gasteiger partial charge in [0.15, 0.2) is 0 Å². The van der Waals surface area contributed by atoms with Crippen LogP contribution >= 0.6 is 15.9 Å². The molecule has 2 aromatic carbocycles. The first-order valence-corrected chi connectivity index (χ1v) is 7.68. The minimum absolute atomic E-state index is 0.304. The van der Waals surface area contributed by atoms with Crippen LogP contribution in [0.2, 0.25) is 0 Å². The average Bonchev–Trinajstić information content (AvgIpc) is 2.36. The van der Waals surface area contributed by atoms with Gasteiger partial charge in [0.1, 0.15) is 11.9 Å². The number of halogens is 2. The van der Waals surface area contributed by atoms with Crippen molar-refractivity contribution < 1.29 is 9.50 Å². The van der Waals surface area contributed by atoms with Crippen molar-refractivity contribution in [2.45, 2.75) is 31.3 Å². The Morgan fingerprint density at radius 3 is 2.55 bits per heavy atom. The van der Waals surface area contributed by atoms with Crippen LogP contribution in [0, 0.1) is 5.82 Å². The van der Waals surface area contributed by atoms with Crippen LogP contribution in [-0.2, 0) is 0 Å². The van der Waals surface area contributed by atoms with Gasteiger partial charge in [-0.2, -0.15) is 0 Å². The number of rotatable bonds is 3. The van der Waals surface area contributed by atoms with Gasteiger partial charge in [-0.3, -0.25) is 0 Å². The van der Waals surface area contributed by atoms with Crippen molar-refractivity contribution in [3.63, 3.8) is 0 Å². The molecule has 0 heterocycles. The summed E-state index contributed by atoms with van der Waals surface area (Å²) in [5, 5.41) is 10.5. The lowest BCUT2D eigenvalue weighted by atomic mass is 9.79. The second-order valence-corrected chi connectivity index (χ2v) is 6.19. The van der Waals surface area contributed by atoms with Crippen LogP contribution in [0.3, 0.4) is 0 Å². The first-order chi connectivity index (χ1) is 9.66. The summed E-state index contributed by atoms with van der Waals surface area (Å²) in [5.41, 5.74) is 2.30. The van der Waals surface area contributed by atoms with E-state index in [0.29, 0.717) is 16.0 Å². The Morgan fingerprint density at radius 1 is 1.15 bits per heavy atom. The van der Waals surface area contributed by atoms with E-state index in [4.69, 9.17) is 0 Å². The lowest BCUT2D eigenvalue weighted by molar-refractivity contribution is 0.214. The molecular weight excluding hydrogens is 319 g/mol. The summed E-state index contributed by atoms with van der Waals surface area (Å²) in [6.07, 6.45) is 2.76. The highest BCUT2D eigenvalue weighted by Gasteiger charge is 2.22. The van der Waals surface area contributed by atoms with E-state index in [1.807, 2.05) is 18.2 Å². The molecule has 1 aliphatic rings. The molecule has 0 saturated heterocycles. The Bertz CT molecular complexity index is 602. The molecule has 1 nitrogen and oxygen atoms in total. The lowest BCUT2D eigenvalue weighted by Crippen LogP contribution is -2.10. The topological polar surface area (TPSA) is 20.2 Å². The molecule has 3 heteroatoms. The lowest BCUT2D eigenvalue weighted by Gasteiger charge is -2.26. The summed E-state index contributed by atoms with van der Waals surface area (Å²) >= 11 is 3.32. The molecule has 1 saturated carbocycles. The Morgan fingerprint density at radius 2 is 1.90 bits per heavy atom. The largest absolute Gasteiger partial charge is 0.384 e. The highest BCUT2D eigenvalue weighted by Crippen LogP contribution is 2.38. The zero-order valence-electron chi connectivity index (χ0n) is 11.0. The van der Waals surface area contributed by atoms with Crippen molar-refractivity contribution >= 4 is 15.9 Å². The third-order valence-electron chi connectivity index (χ3n) is 4.08. The maximum absolute atomic E-state index is 13.9. The van der Waals surface area contributed by atoms with Gasteiger partial charge in [0, 0.05) is 10.0 Å². The first kappa shape index (κ1) is 13.8. The van der Waals surface area contributed by atoms with Crippen LogP contribution < -0.4 is 0 Å². The standard InChI is InChI=1S/C17H16BrFO/c18-14-8-3-9-15(19)16(14)17(20)13-7-2-6-12(10-13)11-4-1-5-11/h2-3,6-11,17,20H,1,4-5H2. The number of aliphatic hydroxyl groups excluding tert-OH is 1. The van der Waals surface area contributed by atoms with Crippen LogP contribution in [0.25, 0.3) is 0 Å². The third-order valence-corrected chi connectivity index (χ3v) is 4.77. The smallest absolute Gasteiger partial charge is 0.130 e. The van der Waals surface area contributed by atoms with Gasteiger partial charge in [0.2, 0.25) is 0 Å². The number of hydrogen-bond acceptors (Lipinski definition) is 1. The maximum Gasteiger partial charge on any atom is 0.130 e. The molecule has 0 spiro atoms. The summed E-state index contributed by atoms with van der Waals surface area (Å²) in [7, 11) is 0. The van der Waals surface area contributed by atoms with Gasteiger partial charge in [-0.25, -0.2) is 4.39 Å². The van der Waals surface area contributed by atoms with E-state index in [2.05, 4.69) is 22.0 Å². The third kappa shape index (κ3) is 2.52. The zero-order valence-corrected chi connectivity index (χ0v) is 12.6. The fourth-order valence-corrected chi connectivity index (χ4v) is 3.22. The fourth-order valence-electron chi connectivity index (χ4n) is 2.66. The molecule has 0 amide bonds. The Balaban J connectivity index is 1.95. The molecule has 3 rings (SSSR count). The van der Waals surface area contributed by atoms with Crippen molar-refractivity contribution in [3.05, 3.63) is 69.4 Å². The summed E-state index contributed by atoms with van der Waals surface area (Å²) in [5.74, 6) is 0.215. The van der Waals surface area contributed by atoms with Crippen molar-refractivity contribution in [3.8, 4) is 0 Å². The monoisotopic (exact) mass is 334 g/mol. The molecule has 1 fully saturated rings. The maximum atomic E-state index is 13.9. The normalized spacial score (nSPS) is 16.8. The SMILES string of the molecule is OC(c1cccc(C2CCC2)c1)c1c(F)cccc1Br. The summed E-state index contributed by atoms with van der Waals surface area (Å²) in [6.45, 7) is 0. The van der Waals surface area contributed by atoms with Gasteiger partial charge in [-0.1, -0.05) is 52.7 Å². The number of benzene rings is 2. The zero-order chi connectivity index (χ0) is 14.1. The van der Waals surface area contributed by atoms with Gasteiger partial charge in [0.25, 0.3) is 0 Å². The first-order valence-electron chi connectivity index (χ1n) is 6.88. The molecule has 0 bridgehead atoms. The van der Waals surface area contributed by atoms with E-state index < -0.39 is 6.10 Å². The van der Waals surface area contributed by atoms with E-state index >= 15 is 0 Å². The summed E-state index contributed by atoms with van der Waals surface area (Å²) in [6, 6.07) is 12.6. The summed E-state index contributed by atoms with van der Waals surface area (Å²) < 4.78 is 14.5. The van der Waals surface area contributed by atoms with E-state index in [1.165, 1.54) is 30.9 Å². The van der Waals surface area contributed by atoms with Gasteiger partial charge >= 0.3 is 0 Å². The summed E-state index contributed by atoms with van der Waals surface area (Å²) in [4.78, 5) is 0. The minimum Gasteiger partial charge on any atom is -0.384 e. The predicted octanol–water partition coefficient (Wildman–Crippen LogP) is 4.94. The van der Waals surface area contributed by atoms with Crippen molar-refractivity contribution in [2.75, 3.05) is 0 Å². The van der Waals surface area contributed by atoms with Gasteiger partial charge in [0.05, 0.1) is 0 Å². The van der Waals surface area contributed by atoms with E-state index in [1.54, 1.807) is 12.1 Å². The molecule has 0 aromatic heterocycles. The number of hydrogen-bond donors (Lipinski definition) is 1. The molecule has 0 radical (unpaired) electrons. The Kier molecular flexibility index (Phi) is 3.90. The second kappa shape index (κ2) is 5.66.